The highest BCUT2D eigenvalue weighted by Crippen LogP contribution is 2.22. The Balaban J connectivity index is 1.10. The molecule has 0 saturated heterocycles. The van der Waals surface area contributed by atoms with Crippen LogP contribution in [0.25, 0.3) is 33.1 Å². The molecule has 0 saturated carbocycles. The first-order valence-electron chi connectivity index (χ1n) is 15.9. The molecular formula is C33H33N9O6S3. The van der Waals surface area contributed by atoms with Gasteiger partial charge in [-0.1, -0.05) is 71.7 Å². The van der Waals surface area contributed by atoms with Gasteiger partial charge >= 0.3 is 17.1 Å². The fraction of sp³-hybridized carbons (Fsp3) is 0.273. The van der Waals surface area contributed by atoms with Crippen molar-refractivity contribution in [1.29, 1.82) is 0 Å². The van der Waals surface area contributed by atoms with Crippen LogP contribution >= 0.6 is 35.3 Å². The normalized spacial score (nSPS) is 13.7. The molecule has 7 rings (SSSR count). The summed E-state index contributed by atoms with van der Waals surface area (Å²) < 4.78 is 2.30. The molecule has 0 aliphatic rings. The van der Waals surface area contributed by atoms with Crippen molar-refractivity contribution in [3.63, 3.8) is 0 Å². The number of aromatic nitrogens is 9. The van der Waals surface area contributed by atoms with E-state index in [9.17, 15) is 29.7 Å². The Bertz CT molecular complexity index is 2090. The number of benzene rings is 3. The second kappa shape index (κ2) is 15.3. The molecule has 0 aliphatic heterocycles. The van der Waals surface area contributed by atoms with Crippen LogP contribution in [0.5, 0.6) is 0 Å². The van der Waals surface area contributed by atoms with E-state index in [0.29, 0.717) is 15.5 Å². The van der Waals surface area contributed by atoms with Crippen LogP contribution in [0.3, 0.4) is 0 Å². The van der Waals surface area contributed by atoms with Crippen LogP contribution in [-0.4, -0.2) is 94.5 Å². The Morgan fingerprint density at radius 3 is 1.04 bits per heavy atom. The SMILES string of the molecule is O=c1n(CC(O)CSc2nc3ccccc3[nH]2)c(=O)n(CC(O)CSc2nc3ccccc3[nH]2)c(=O)n1CC(O)CSc1nc2ccccc2[nH]1. The molecule has 3 atom stereocenters. The van der Waals surface area contributed by atoms with Gasteiger partial charge < -0.3 is 30.3 Å². The van der Waals surface area contributed by atoms with E-state index in [1.165, 1.54) is 35.3 Å². The summed E-state index contributed by atoms with van der Waals surface area (Å²) in [5, 5.41) is 34.5. The molecule has 0 spiro atoms. The fourth-order valence-corrected chi connectivity index (χ4v) is 7.86. The molecule has 7 aromatic rings. The van der Waals surface area contributed by atoms with Crippen LogP contribution in [0.4, 0.5) is 0 Å². The van der Waals surface area contributed by atoms with Crippen molar-refractivity contribution in [2.75, 3.05) is 17.3 Å². The minimum atomic E-state index is -1.19. The summed E-state index contributed by atoms with van der Waals surface area (Å²) in [6.45, 7) is -1.30. The van der Waals surface area contributed by atoms with Crippen molar-refractivity contribution < 1.29 is 15.3 Å². The average molecular weight is 748 g/mol. The molecule has 0 radical (unpaired) electrons. The number of aromatic amines is 3. The molecule has 264 valence electrons. The second-order valence-corrected chi connectivity index (χ2v) is 14.8. The van der Waals surface area contributed by atoms with E-state index >= 15 is 0 Å². The van der Waals surface area contributed by atoms with Crippen LogP contribution in [0, 0.1) is 0 Å². The van der Waals surface area contributed by atoms with Crippen LogP contribution in [0.1, 0.15) is 0 Å². The van der Waals surface area contributed by atoms with Gasteiger partial charge in [0.15, 0.2) is 15.5 Å². The molecule has 15 nitrogen and oxygen atoms in total. The number of hydrogen-bond acceptors (Lipinski definition) is 12. The van der Waals surface area contributed by atoms with Gasteiger partial charge in [-0.25, -0.2) is 43.0 Å². The number of fused-ring (bicyclic) bond motifs is 3. The molecule has 0 amide bonds. The van der Waals surface area contributed by atoms with Gasteiger partial charge in [0.1, 0.15) is 0 Å². The lowest BCUT2D eigenvalue weighted by Crippen LogP contribution is -2.57. The van der Waals surface area contributed by atoms with Gasteiger partial charge in [-0.05, 0) is 36.4 Å². The zero-order valence-corrected chi connectivity index (χ0v) is 29.3. The van der Waals surface area contributed by atoms with Gasteiger partial charge in [0.2, 0.25) is 0 Å². The third-order valence-electron chi connectivity index (χ3n) is 7.91. The molecule has 0 aliphatic carbocycles. The first kappa shape index (κ1) is 34.8. The van der Waals surface area contributed by atoms with Crippen LogP contribution in [-0.2, 0) is 19.6 Å². The van der Waals surface area contributed by atoms with Crippen molar-refractivity contribution in [3.05, 3.63) is 104 Å². The van der Waals surface area contributed by atoms with Crippen molar-refractivity contribution in [3.8, 4) is 0 Å². The number of H-pyrrole nitrogens is 3. The third kappa shape index (κ3) is 8.00. The van der Waals surface area contributed by atoms with E-state index in [-0.39, 0.29) is 17.3 Å². The fourth-order valence-electron chi connectivity index (χ4n) is 5.46. The lowest BCUT2D eigenvalue weighted by molar-refractivity contribution is 0.150. The Morgan fingerprint density at radius 1 is 0.490 bits per heavy atom. The topological polar surface area (TPSA) is 213 Å². The Morgan fingerprint density at radius 2 is 0.765 bits per heavy atom. The predicted molar refractivity (Wildman–Crippen MR) is 198 cm³/mol. The highest BCUT2D eigenvalue weighted by atomic mass is 32.2. The minimum Gasteiger partial charge on any atom is -0.390 e. The summed E-state index contributed by atoms with van der Waals surface area (Å²) in [5.74, 6) is 0.245. The molecule has 0 fully saturated rings. The van der Waals surface area contributed by atoms with E-state index in [2.05, 4.69) is 29.9 Å². The van der Waals surface area contributed by atoms with E-state index in [1.54, 1.807) is 0 Å². The van der Waals surface area contributed by atoms with Crippen molar-refractivity contribution in [1.82, 2.24) is 43.6 Å². The molecule has 0 bridgehead atoms. The smallest absolute Gasteiger partial charge is 0.336 e. The van der Waals surface area contributed by atoms with E-state index in [1.807, 2.05) is 72.8 Å². The maximum absolute atomic E-state index is 13.7. The molecule has 3 unspecified atom stereocenters. The molecular weight excluding hydrogens is 715 g/mol. The molecule has 18 heteroatoms. The molecule has 4 heterocycles. The third-order valence-corrected chi connectivity index (χ3v) is 11.0. The maximum Gasteiger partial charge on any atom is 0.336 e. The van der Waals surface area contributed by atoms with E-state index in [0.717, 1.165) is 46.8 Å². The largest absolute Gasteiger partial charge is 0.390 e. The Hall–Kier alpha value is -4.59. The number of hydrogen-bond donors (Lipinski definition) is 6. The minimum absolute atomic E-state index is 0.0817. The van der Waals surface area contributed by atoms with Crippen molar-refractivity contribution >= 4 is 68.4 Å². The average Bonchev–Trinajstić information content (AvgIpc) is 3.87. The number of aliphatic hydroxyl groups excluding tert-OH is 3. The number of rotatable bonds is 15. The second-order valence-electron chi connectivity index (χ2n) is 11.8. The lowest BCUT2D eigenvalue weighted by atomic mass is 10.3. The van der Waals surface area contributed by atoms with Crippen molar-refractivity contribution in [2.24, 2.45) is 0 Å². The zero-order valence-electron chi connectivity index (χ0n) is 26.9. The molecule has 6 N–H and O–H groups in total. The first-order chi connectivity index (χ1) is 24.7. The maximum atomic E-state index is 13.7. The number of aliphatic hydroxyl groups is 3. The van der Waals surface area contributed by atoms with Gasteiger partial charge in [-0.15, -0.1) is 0 Å². The van der Waals surface area contributed by atoms with E-state index in [4.69, 9.17) is 0 Å². The quantitative estimate of drug-likeness (QED) is 0.0834. The Kier molecular flexibility index (Phi) is 10.5. The summed E-state index contributed by atoms with van der Waals surface area (Å²) in [4.78, 5) is 63.9. The van der Waals surface area contributed by atoms with Gasteiger partial charge in [0.25, 0.3) is 0 Å². The predicted octanol–water partition coefficient (Wildman–Crippen LogP) is 2.26. The summed E-state index contributed by atoms with van der Waals surface area (Å²) in [5.41, 5.74) is 1.83. The van der Waals surface area contributed by atoms with Crippen molar-refractivity contribution in [2.45, 2.75) is 53.4 Å². The number of nitrogens with one attached hydrogen (secondary N) is 3. The summed E-state index contributed by atoms with van der Waals surface area (Å²) in [7, 11) is 0. The lowest BCUT2D eigenvalue weighted by Gasteiger charge is -2.19. The van der Waals surface area contributed by atoms with Crippen LogP contribution < -0.4 is 17.1 Å². The monoisotopic (exact) mass is 747 g/mol. The molecule has 51 heavy (non-hydrogen) atoms. The number of para-hydroxylation sites is 6. The Labute approximate surface area is 301 Å². The van der Waals surface area contributed by atoms with Gasteiger partial charge in [-0.2, -0.15) is 0 Å². The summed E-state index contributed by atoms with van der Waals surface area (Å²) in [6.07, 6.45) is -3.56. The summed E-state index contributed by atoms with van der Waals surface area (Å²) >= 11 is 3.65. The summed E-state index contributed by atoms with van der Waals surface area (Å²) in [6, 6.07) is 22.4. The highest BCUT2D eigenvalue weighted by Gasteiger charge is 2.22. The number of thioether (sulfide) groups is 3. The van der Waals surface area contributed by atoms with Gasteiger partial charge in [0, 0.05) is 17.3 Å². The first-order valence-corrected chi connectivity index (χ1v) is 18.9. The number of imidazole rings is 3. The van der Waals surface area contributed by atoms with Gasteiger partial charge in [-0.3, -0.25) is 0 Å². The number of nitrogens with zero attached hydrogens (tertiary/aromatic N) is 6. The molecule has 4 aromatic heterocycles. The molecule has 3 aromatic carbocycles. The van der Waals surface area contributed by atoms with Crippen LogP contribution in [0.2, 0.25) is 0 Å². The van der Waals surface area contributed by atoms with E-state index < -0.39 is 55.0 Å². The highest BCUT2D eigenvalue weighted by molar-refractivity contribution is 7.99. The van der Waals surface area contributed by atoms with Gasteiger partial charge in [0.05, 0.1) is 71.0 Å². The zero-order chi connectivity index (χ0) is 35.5. The van der Waals surface area contributed by atoms with Crippen LogP contribution in [0.15, 0.2) is 103 Å². The standard InChI is InChI=1S/C33H33N9O6S3/c43-19(16-49-28-34-22-7-1-2-8-23(22)35-28)13-40-31(46)41(14-20(44)17-50-29-36-24-9-3-4-10-25(24)37-29)33(48)42(32(40)47)15-21(45)18-51-30-38-26-11-5-6-12-27(26)39-30/h1-12,19-21,43-45H,13-18H2,(H,34,35)(H,36,37)(H,38,39).